The summed E-state index contributed by atoms with van der Waals surface area (Å²) >= 11 is 2.07. The summed E-state index contributed by atoms with van der Waals surface area (Å²) in [7, 11) is 0. The SMILES string of the molecule is C=CC1(OC(=O)C(C)I)CC[NH2+]CC1. The molecule has 0 amide bonds. The molecule has 0 aromatic rings. The first kappa shape index (κ1) is 12.0. The first-order valence-corrected chi connectivity index (χ1v) is 6.16. The van der Waals surface area contributed by atoms with Crippen LogP contribution in [0, 0.1) is 0 Å². The van der Waals surface area contributed by atoms with Crippen LogP contribution in [-0.4, -0.2) is 28.6 Å². The highest BCUT2D eigenvalue weighted by Gasteiger charge is 2.35. The van der Waals surface area contributed by atoms with Gasteiger partial charge < -0.3 is 10.1 Å². The molecule has 0 aromatic heterocycles. The number of quaternary nitrogens is 1. The van der Waals surface area contributed by atoms with Gasteiger partial charge in [-0.05, 0) is 13.0 Å². The van der Waals surface area contributed by atoms with Crippen LogP contribution in [-0.2, 0) is 9.53 Å². The van der Waals surface area contributed by atoms with Gasteiger partial charge in [-0.25, -0.2) is 0 Å². The third-order valence-electron chi connectivity index (χ3n) is 2.54. The lowest BCUT2D eigenvalue weighted by Crippen LogP contribution is -2.87. The molecule has 1 unspecified atom stereocenters. The third kappa shape index (κ3) is 2.95. The second-order valence-corrected chi connectivity index (χ2v) is 5.54. The number of ether oxygens (including phenoxy) is 1. The molecule has 0 aliphatic carbocycles. The topological polar surface area (TPSA) is 42.9 Å². The molecule has 0 spiro atoms. The summed E-state index contributed by atoms with van der Waals surface area (Å²) in [6.45, 7) is 7.63. The van der Waals surface area contributed by atoms with Gasteiger partial charge in [0, 0.05) is 12.8 Å². The Hall–Kier alpha value is -0.100. The number of halogens is 1. The fourth-order valence-corrected chi connectivity index (χ4v) is 1.72. The summed E-state index contributed by atoms with van der Waals surface area (Å²) in [6.07, 6.45) is 3.55. The molecule has 14 heavy (non-hydrogen) atoms. The van der Waals surface area contributed by atoms with Crippen LogP contribution in [0.1, 0.15) is 19.8 Å². The third-order valence-corrected chi connectivity index (χ3v) is 3.05. The highest BCUT2D eigenvalue weighted by atomic mass is 127. The molecule has 0 saturated carbocycles. The van der Waals surface area contributed by atoms with Crippen LogP contribution in [0.25, 0.3) is 0 Å². The molecule has 0 bridgehead atoms. The van der Waals surface area contributed by atoms with E-state index in [1.807, 2.05) is 6.92 Å². The zero-order chi connectivity index (χ0) is 10.6. The van der Waals surface area contributed by atoms with E-state index in [1.165, 1.54) is 0 Å². The maximum Gasteiger partial charge on any atom is 0.319 e. The lowest BCUT2D eigenvalue weighted by atomic mass is 9.92. The van der Waals surface area contributed by atoms with Gasteiger partial charge >= 0.3 is 5.97 Å². The zero-order valence-corrected chi connectivity index (χ0v) is 10.6. The second-order valence-electron chi connectivity index (χ2n) is 3.67. The standard InChI is InChI=1S/C10H16INO2/c1-3-10(4-6-12-7-5-10)14-9(13)8(2)11/h3,8,12H,1,4-7H2,2H3/p+1. The molecule has 80 valence electrons. The number of rotatable bonds is 3. The van der Waals surface area contributed by atoms with Crippen LogP contribution in [0.15, 0.2) is 12.7 Å². The molecule has 3 nitrogen and oxygen atoms in total. The molecule has 1 atom stereocenters. The Kier molecular flexibility index (Phi) is 4.37. The summed E-state index contributed by atoms with van der Waals surface area (Å²) in [4.78, 5) is 11.5. The number of carbonyl (C=O) groups is 1. The fourth-order valence-electron chi connectivity index (χ4n) is 1.59. The lowest BCUT2D eigenvalue weighted by molar-refractivity contribution is -0.667. The molecule has 1 heterocycles. The van der Waals surface area contributed by atoms with Gasteiger partial charge in [-0.15, -0.1) is 0 Å². The molecular weight excluding hydrogens is 293 g/mol. The van der Waals surface area contributed by atoms with E-state index in [0.29, 0.717) is 0 Å². The van der Waals surface area contributed by atoms with Gasteiger partial charge in [-0.3, -0.25) is 4.79 Å². The van der Waals surface area contributed by atoms with Gasteiger partial charge in [0.25, 0.3) is 0 Å². The summed E-state index contributed by atoms with van der Waals surface area (Å²) in [5.74, 6) is -0.132. The molecule has 1 fully saturated rings. The Bertz CT molecular complexity index is 222. The van der Waals surface area contributed by atoms with E-state index in [4.69, 9.17) is 4.74 Å². The van der Waals surface area contributed by atoms with Crippen molar-refractivity contribution in [2.24, 2.45) is 0 Å². The molecule has 4 heteroatoms. The zero-order valence-electron chi connectivity index (χ0n) is 8.46. The fraction of sp³-hybridized carbons (Fsp3) is 0.700. The predicted molar refractivity (Wildman–Crippen MR) is 63.4 cm³/mol. The van der Waals surface area contributed by atoms with E-state index in [2.05, 4.69) is 34.5 Å². The maximum atomic E-state index is 11.5. The number of hydrogen-bond acceptors (Lipinski definition) is 2. The first-order chi connectivity index (χ1) is 6.59. The largest absolute Gasteiger partial charge is 0.454 e. The van der Waals surface area contributed by atoms with E-state index in [9.17, 15) is 4.79 Å². The van der Waals surface area contributed by atoms with Crippen LogP contribution in [0.5, 0.6) is 0 Å². The van der Waals surface area contributed by atoms with Gasteiger partial charge in [-0.1, -0.05) is 29.2 Å². The number of alkyl halides is 1. The minimum atomic E-state index is -0.398. The maximum absolute atomic E-state index is 11.5. The van der Waals surface area contributed by atoms with Crippen LogP contribution < -0.4 is 5.32 Å². The van der Waals surface area contributed by atoms with Crippen molar-refractivity contribution in [2.75, 3.05) is 13.1 Å². The number of nitrogens with two attached hydrogens (primary N) is 1. The molecule has 2 N–H and O–H groups in total. The molecule has 1 rings (SSSR count). The van der Waals surface area contributed by atoms with Crippen molar-refractivity contribution >= 4 is 28.6 Å². The van der Waals surface area contributed by atoms with E-state index in [0.717, 1.165) is 25.9 Å². The van der Waals surface area contributed by atoms with Gasteiger partial charge in [0.1, 0.15) is 9.53 Å². The van der Waals surface area contributed by atoms with E-state index >= 15 is 0 Å². The average molecular weight is 310 g/mol. The highest BCUT2D eigenvalue weighted by molar-refractivity contribution is 14.1. The Balaban J connectivity index is 2.60. The van der Waals surface area contributed by atoms with Crippen molar-refractivity contribution in [3.8, 4) is 0 Å². The van der Waals surface area contributed by atoms with Gasteiger partial charge in [0.2, 0.25) is 0 Å². The quantitative estimate of drug-likeness (QED) is 0.360. The molecule has 0 radical (unpaired) electrons. The number of piperidine rings is 1. The Morgan fingerprint density at radius 2 is 2.21 bits per heavy atom. The van der Waals surface area contributed by atoms with Crippen molar-refractivity contribution in [1.82, 2.24) is 0 Å². The lowest BCUT2D eigenvalue weighted by Gasteiger charge is -2.32. The van der Waals surface area contributed by atoms with Crippen LogP contribution in [0.4, 0.5) is 0 Å². The first-order valence-electron chi connectivity index (χ1n) is 4.92. The minimum Gasteiger partial charge on any atom is -0.454 e. The van der Waals surface area contributed by atoms with E-state index in [1.54, 1.807) is 6.08 Å². The summed E-state index contributed by atoms with van der Waals surface area (Å²) in [5, 5.41) is 2.24. The Morgan fingerprint density at radius 1 is 1.64 bits per heavy atom. The van der Waals surface area contributed by atoms with Crippen molar-refractivity contribution in [2.45, 2.75) is 29.3 Å². The minimum absolute atomic E-state index is 0.0877. The molecule has 1 saturated heterocycles. The van der Waals surface area contributed by atoms with Crippen molar-refractivity contribution < 1.29 is 14.8 Å². The monoisotopic (exact) mass is 310 g/mol. The predicted octanol–water partition coefficient (Wildman–Crippen LogP) is 0.635. The van der Waals surface area contributed by atoms with Crippen molar-refractivity contribution in [3.63, 3.8) is 0 Å². The summed E-state index contributed by atoms with van der Waals surface area (Å²) < 4.78 is 5.42. The van der Waals surface area contributed by atoms with Crippen LogP contribution >= 0.6 is 22.6 Å². The summed E-state index contributed by atoms with van der Waals surface area (Å²) in [6, 6.07) is 0. The number of carbonyl (C=O) groups excluding carboxylic acids is 1. The van der Waals surface area contributed by atoms with Gasteiger partial charge in [0.15, 0.2) is 0 Å². The number of esters is 1. The molecule has 1 aliphatic rings. The van der Waals surface area contributed by atoms with Crippen LogP contribution in [0.3, 0.4) is 0 Å². The van der Waals surface area contributed by atoms with Crippen molar-refractivity contribution in [3.05, 3.63) is 12.7 Å². The molecule has 1 aliphatic heterocycles. The molecule has 0 aromatic carbocycles. The summed E-state index contributed by atoms with van der Waals surface area (Å²) in [5.41, 5.74) is -0.398. The van der Waals surface area contributed by atoms with E-state index in [-0.39, 0.29) is 9.89 Å². The highest BCUT2D eigenvalue weighted by Crippen LogP contribution is 2.24. The number of hydrogen-bond donors (Lipinski definition) is 1. The Labute approximate surface area is 98.4 Å². The average Bonchev–Trinajstić information content (AvgIpc) is 2.19. The Morgan fingerprint density at radius 3 is 2.64 bits per heavy atom. The molecular formula is C10H17INO2+. The van der Waals surface area contributed by atoms with Crippen LogP contribution in [0.2, 0.25) is 0 Å². The van der Waals surface area contributed by atoms with Gasteiger partial charge in [-0.2, -0.15) is 0 Å². The van der Waals surface area contributed by atoms with E-state index < -0.39 is 5.60 Å². The van der Waals surface area contributed by atoms with Gasteiger partial charge in [0.05, 0.1) is 13.1 Å². The van der Waals surface area contributed by atoms with Crippen molar-refractivity contribution in [1.29, 1.82) is 0 Å². The second kappa shape index (κ2) is 5.11. The smallest absolute Gasteiger partial charge is 0.319 e. The normalized spacial score (nSPS) is 22.4.